The van der Waals surface area contributed by atoms with Crippen LogP contribution in [-0.2, 0) is 4.79 Å². The molecule has 0 radical (unpaired) electrons. The van der Waals surface area contributed by atoms with E-state index in [1.54, 1.807) is 31.2 Å². The molecule has 0 saturated heterocycles. The van der Waals surface area contributed by atoms with E-state index in [2.05, 4.69) is 10.3 Å². The third-order valence-electron chi connectivity index (χ3n) is 4.45. The van der Waals surface area contributed by atoms with Crippen LogP contribution in [-0.4, -0.2) is 41.9 Å². The number of anilines is 1. The Balaban J connectivity index is 1.75. The quantitative estimate of drug-likeness (QED) is 0.564. The third-order valence-corrected chi connectivity index (χ3v) is 5.88. The Kier molecular flexibility index (Phi) is 7.07. The summed E-state index contributed by atoms with van der Waals surface area (Å²) in [6.07, 6.45) is 0. The van der Waals surface area contributed by atoms with E-state index in [-0.39, 0.29) is 18.4 Å². The van der Waals surface area contributed by atoms with E-state index in [0.717, 1.165) is 5.56 Å². The molecule has 0 aliphatic rings. The highest BCUT2D eigenvalue weighted by molar-refractivity contribution is 7.17. The van der Waals surface area contributed by atoms with E-state index >= 15 is 0 Å². The van der Waals surface area contributed by atoms with Gasteiger partial charge in [0.05, 0.1) is 18.5 Å². The first-order valence-corrected chi connectivity index (χ1v) is 10.6. The highest BCUT2D eigenvalue weighted by Gasteiger charge is 2.23. The summed E-state index contributed by atoms with van der Waals surface area (Å²) in [5.41, 5.74) is 2.04. The van der Waals surface area contributed by atoms with Gasteiger partial charge in [-0.15, -0.1) is 11.3 Å². The van der Waals surface area contributed by atoms with Crippen molar-refractivity contribution in [2.45, 2.75) is 13.8 Å². The van der Waals surface area contributed by atoms with Crippen LogP contribution in [0.2, 0.25) is 5.02 Å². The van der Waals surface area contributed by atoms with E-state index in [0.29, 0.717) is 38.6 Å². The highest BCUT2D eigenvalue weighted by Crippen LogP contribution is 2.30. The van der Waals surface area contributed by atoms with Gasteiger partial charge in [0.1, 0.15) is 22.2 Å². The van der Waals surface area contributed by atoms with Gasteiger partial charge in [0.2, 0.25) is 5.91 Å². The van der Waals surface area contributed by atoms with E-state index in [9.17, 15) is 9.59 Å². The van der Waals surface area contributed by atoms with Crippen molar-refractivity contribution in [3.63, 3.8) is 0 Å². The predicted octanol–water partition coefficient (Wildman–Crippen LogP) is 4.88. The lowest BCUT2D eigenvalue weighted by atomic mass is 10.2. The maximum absolute atomic E-state index is 13.1. The summed E-state index contributed by atoms with van der Waals surface area (Å²) in [6, 6.07) is 14.5. The number of ether oxygens (including phenoxy) is 1. The van der Waals surface area contributed by atoms with Crippen LogP contribution in [0.25, 0.3) is 10.6 Å². The number of nitrogens with zero attached hydrogens (tertiary/aromatic N) is 2. The number of halogens is 1. The van der Waals surface area contributed by atoms with Crippen molar-refractivity contribution < 1.29 is 14.3 Å². The Morgan fingerprint density at radius 2 is 1.97 bits per heavy atom. The van der Waals surface area contributed by atoms with Crippen molar-refractivity contribution >= 4 is 40.4 Å². The van der Waals surface area contributed by atoms with Gasteiger partial charge >= 0.3 is 0 Å². The van der Waals surface area contributed by atoms with E-state index < -0.39 is 0 Å². The molecule has 0 aliphatic heterocycles. The van der Waals surface area contributed by atoms with Gasteiger partial charge in [-0.3, -0.25) is 9.59 Å². The summed E-state index contributed by atoms with van der Waals surface area (Å²) in [4.78, 5) is 32.2. The zero-order chi connectivity index (χ0) is 21.7. The maximum Gasteiger partial charge on any atom is 0.266 e. The number of hydrogen-bond acceptors (Lipinski definition) is 5. The summed E-state index contributed by atoms with van der Waals surface area (Å²) in [5.74, 6) is 0.0348. The second kappa shape index (κ2) is 9.73. The van der Waals surface area contributed by atoms with E-state index in [4.69, 9.17) is 16.3 Å². The molecule has 2 aromatic carbocycles. The molecule has 0 bridgehead atoms. The molecule has 1 aromatic heterocycles. The predicted molar refractivity (Wildman–Crippen MR) is 120 cm³/mol. The van der Waals surface area contributed by atoms with Gasteiger partial charge in [0.25, 0.3) is 5.91 Å². The minimum Gasteiger partial charge on any atom is -0.495 e. The molecule has 2 amide bonds. The molecule has 3 rings (SSSR count). The van der Waals surface area contributed by atoms with Crippen molar-refractivity contribution in [1.29, 1.82) is 0 Å². The molecule has 1 heterocycles. The van der Waals surface area contributed by atoms with Crippen LogP contribution < -0.4 is 10.1 Å². The van der Waals surface area contributed by atoms with Crippen molar-refractivity contribution in [2.75, 3.05) is 25.5 Å². The number of nitrogens with one attached hydrogen (secondary N) is 1. The van der Waals surface area contributed by atoms with Crippen LogP contribution in [0.4, 0.5) is 5.69 Å². The van der Waals surface area contributed by atoms with Crippen molar-refractivity contribution in [2.24, 2.45) is 0 Å². The largest absolute Gasteiger partial charge is 0.495 e. The number of carbonyl (C=O) groups excluding carboxylic acids is 2. The van der Waals surface area contributed by atoms with Gasteiger partial charge in [-0.25, -0.2) is 4.98 Å². The number of aryl methyl sites for hydroxylation is 1. The molecule has 0 spiro atoms. The molecule has 3 aromatic rings. The smallest absolute Gasteiger partial charge is 0.266 e. The van der Waals surface area contributed by atoms with Gasteiger partial charge < -0.3 is 15.0 Å². The fraction of sp³-hybridized carbons (Fsp3) is 0.227. The van der Waals surface area contributed by atoms with Crippen LogP contribution in [0.1, 0.15) is 22.3 Å². The molecule has 30 heavy (non-hydrogen) atoms. The Bertz CT molecular complexity index is 1070. The standard InChI is InChI=1S/C22H22ClN3O3S/c1-4-26(13-19(27)25-17-10-5-6-11-18(17)29-3)22(28)20-14(2)24-21(30-20)15-8-7-9-16(23)12-15/h5-12H,4,13H2,1-3H3,(H,25,27). The Morgan fingerprint density at radius 3 is 2.67 bits per heavy atom. The number of aromatic nitrogens is 1. The highest BCUT2D eigenvalue weighted by atomic mass is 35.5. The lowest BCUT2D eigenvalue weighted by Gasteiger charge is -2.20. The number of rotatable bonds is 7. The minimum atomic E-state index is -0.299. The second-order valence-electron chi connectivity index (χ2n) is 6.51. The van der Waals surface area contributed by atoms with E-state index in [1.807, 2.05) is 31.2 Å². The Hall–Kier alpha value is -2.90. The first-order valence-electron chi connectivity index (χ1n) is 9.38. The van der Waals surface area contributed by atoms with Gasteiger partial charge in [-0.1, -0.05) is 35.9 Å². The number of hydrogen-bond donors (Lipinski definition) is 1. The molecule has 156 valence electrons. The van der Waals surface area contributed by atoms with Crippen LogP contribution >= 0.6 is 22.9 Å². The van der Waals surface area contributed by atoms with Crippen LogP contribution in [0, 0.1) is 6.92 Å². The molecular formula is C22H22ClN3O3S. The van der Waals surface area contributed by atoms with Crippen molar-refractivity contribution in [3.8, 4) is 16.3 Å². The zero-order valence-electron chi connectivity index (χ0n) is 16.9. The number of likely N-dealkylation sites (N-methyl/N-ethyl adjacent to an activating group) is 1. The SMILES string of the molecule is CCN(CC(=O)Nc1ccccc1OC)C(=O)c1sc(-c2cccc(Cl)c2)nc1C. The fourth-order valence-corrected chi connectivity index (χ4v) is 4.14. The number of amides is 2. The van der Waals surface area contributed by atoms with Gasteiger partial charge in [0.15, 0.2) is 0 Å². The molecule has 1 N–H and O–H groups in total. The van der Waals surface area contributed by atoms with Crippen LogP contribution in [0.5, 0.6) is 5.75 Å². The zero-order valence-corrected chi connectivity index (χ0v) is 18.5. The lowest BCUT2D eigenvalue weighted by Crippen LogP contribution is -2.37. The molecule has 0 fully saturated rings. The lowest BCUT2D eigenvalue weighted by molar-refractivity contribution is -0.116. The van der Waals surface area contributed by atoms with Crippen molar-refractivity contribution in [1.82, 2.24) is 9.88 Å². The summed E-state index contributed by atoms with van der Waals surface area (Å²) < 4.78 is 5.25. The van der Waals surface area contributed by atoms with Crippen LogP contribution in [0.3, 0.4) is 0 Å². The summed E-state index contributed by atoms with van der Waals surface area (Å²) in [6.45, 7) is 3.95. The van der Waals surface area contributed by atoms with E-state index in [1.165, 1.54) is 23.3 Å². The van der Waals surface area contributed by atoms with Gasteiger partial charge in [-0.2, -0.15) is 0 Å². The average Bonchev–Trinajstić information content (AvgIpc) is 3.13. The number of para-hydroxylation sites is 2. The first kappa shape index (κ1) is 21.8. The molecule has 6 nitrogen and oxygen atoms in total. The fourth-order valence-electron chi connectivity index (χ4n) is 2.92. The summed E-state index contributed by atoms with van der Waals surface area (Å²) >= 11 is 7.37. The molecular weight excluding hydrogens is 422 g/mol. The minimum absolute atomic E-state index is 0.0722. The normalized spacial score (nSPS) is 10.5. The van der Waals surface area contributed by atoms with Crippen LogP contribution in [0.15, 0.2) is 48.5 Å². The summed E-state index contributed by atoms with van der Waals surface area (Å²) in [7, 11) is 1.54. The first-order chi connectivity index (χ1) is 14.4. The summed E-state index contributed by atoms with van der Waals surface area (Å²) in [5, 5.41) is 4.12. The third kappa shape index (κ3) is 4.98. The monoisotopic (exact) mass is 443 g/mol. The molecule has 0 saturated carbocycles. The number of carbonyl (C=O) groups is 2. The number of thiazole rings is 1. The molecule has 8 heteroatoms. The second-order valence-corrected chi connectivity index (χ2v) is 7.95. The van der Waals surface area contributed by atoms with Crippen molar-refractivity contribution in [3.05, 3.63) is 64.1 Å². The number of methoxy groups -OCH3 is 1. The Morgan fingerprint density at radius 1 is 1.20 bits per heavy atom. The van der Waals surface area contributed by atoms with Gasteiger partial charge in [-0.05, 0) is 38.1 Å². The molecule has 0 atom stereocenters. The maximum atomic E-state index is 13.1. The molecule has 0 unspecified atom stereocenters. The topological polar surface area (TPSA) is 71.5 Å². The number of benzene rings is 2. The Labute approximate surface area is 184 Å². The average molecular weight is 444 g/mol. The van der Waals surface area contributed by atoms with Gasteiger partial charge in [0, 0.05) is 17.1 Å². The molecule has 0 aliphatic carbocycles.